The van der Waals surface area contributed by atoms with Crippen LogP contribution in [0.15, 0.2) is 15.7 Å². The molecule has 0 aliphatic carbocycles. The zero-order valence-electron chi connectivity index (χ0n) is 10.2. The van der Waals surface area contributed by atoms with Crippen LogP contribution in [0.2, 0.25) is 0 Å². The van der Waals surface area contributed by atoms with Gasteiger partial charge in [0.15, 0.2) is 0 Å². The van der Waals surface area contributed by atoms with Crippen molar-refractivity contribution < 1.29 is 23.1 Å². The molecule has 0 saturated heterocycles. The molecule has 0 spiro atoms. The van der Waals surface area contributed by atoms with Crippen molar-refractivity contribution >= 4 is 33.3 Å². The van der Waals surface area contributed by atoms with E-state index in [-0.39, 0.29) is 21.7 Å². The van der Waals surface area contributed by atoms with Crippen molar-refractivity contribution in [3.05, 3.63) is 17.0 Å². The van der Waals surface area contributed by atoms with Crippen LogP contribution >= 0.6 is 11.3 Å². The number of anilines is 1. The van der Waals surface area contributed by atoms with Gasteiger partial charge < -0.3 is 9.84 Å². The molecule has 108 valence electrons. The summed E-state index contributed by atoms with van der Waals surface area (Å²) >= 11 is 0.797. The highest BCUT2D eigenvalue weighted by molar-refractivity contribution is 7.94. The Morgan fingerprint density at radius 3 is 2.95 bits per heavy atom. The minimum atomic E-state index is -3.91. The Hall–Kier alpha value is -2.14. The van der Waals surface area contributed by atoms with E-state index in [1.165, 1.54) is 5.38 Å². The zero-order valence-corrected chi connectivity index (χ0v) is 11.8. The molecule has 0 amide bonds. The summed E-state index contributed by atoms with van der Waals surface area (Å²) in [6.07, 6.45) is 0. The molecule has 0 atom stereocenters. The van der Waals surface area contributed by atoms with Crippen molar-refractivity contribution in [2.45, 2.75) is 11.1 Å². The van der Waals surface area contributed by atoms with Crippen LogP contribution in [-0.4, -0.2) is 41.3 Å². The Morgan fingerprint density at radius 2 is 2.35 bits per heavy atom. The van der Waals surface area contributed by atoms with Gasteiger partial charge in [0.05, 0.1) is 12.2 Å². The number of hydrogen-bond acceptors (Lipinski definition) is 7. The number of rotatable bonds is 6. The van der Waals surface area contributed by atoms with Crippen molar-refractivity contribution in [1.82, 2.24) is 15.2 Å². The number of ether oxygens (including phenoxy) is 1. The first kappa shape index (κ1) is 14.3. The number of carbonyl (C=O) groups is 1. The van der Waals surface area contributed by atoms with Gasteiger partial charge in [0.2, 0.25) is 5.95 Å². The predicted molar refractivity (Wildman–Crippen MR) is 69.6 cm³/mol. The van der Waals surface area contributed by atoms with Crippen LogP contribution in [0.3, 0.4) is 0 Å². The topological polar surface area (TPSA) is 134 Å². The summed E-state index contributed by atoms with van der Waals surface area (Å²) in [5.41, 5.74) is -0.0945. The smallest absolute Gasteiger partial charge is 0.337 e. The molecule has 0 aliphatic rings. The number of nitrogens with zero attached hydrogens (tertiary/aromatic N) is 2. The molecule has 2 rings (SSSR count). The van der Waals surface area contributed by atoms with Crippen LogP contribution in [0.25, 0.3) is 0 Å². The van der Waals surface area contributed by atoms with Crippen LogP contribution in [0.5, 0.6) is 6.01 Å². The molecule has 20 heavy (non-hydrogen) atoms. The highest BCUT2D eigenvalue weighted by Gasteiger charge is 2.20. The van der Waals surface area contributed by atoms with Gasteiger partial charge in [-0.15, -0.1) is 16.4 Å². The summed E-state index contributed by atoms with van der Waals surface area (Å²) in [4.78, 5) is 14.5. The summed E-state index contributed by atoms with van der Waals surface area (Å²) in [6.45, 7) is 2.08. The summed E-state index contributed by atoms with van der Waals surface area (Å²) in [7, 11) is -3.91. The van der Waals surface area contributed by atoms with Crippen molar-refractivity contribution in [3.8, 4) is 6.01 Å². The van der Waals surface area contributed by atoms with Gasteiger partial charge in [-0.2, -0.15) is 4.98 Å². The fraction of sp³-hybridized carbons (Fsp3) is 0.222. The van der Waals surface area contributed by atoms with Gasteiger partial charge in [0.1, 0.15) is 4.21 Å². The number of nitrogens with one attached hydrogen (secondary N) is 2. The molecule has 3 N–H and O–H groups in total. The molecule has 0 aromatic carbocycles. The van der Waals surface area contributed by atoms with Gasteiger partial charge in [-0.3, -0.25) is 0 Å². The molecule has 2 aromatic heterocycles. The summed E-state index contributed by atoms with van der Waals surface area (Å²) < 4.78 is 31.0. The molecule has 11 heteroatoms. The number of aromatic amines is 1. The van der Waals surface area contributed by atoms with E-state index >= 15 is 0 Å². The number of carboxylic acid groups (broad SMARTS) is 1. The average molecular weight is 318 g/mol. The van der Waals surface area contributed by atoms with Crippen molar-refractivity contribution in [2.24, 2.45) is 0 Å². The summed E-state index contributed by atoms with van der Waals surface area (Å²) in [6, 6.07) is 1.08. The second-order valence-electron chi connectivity index (χ2n) is 3.46. The normalized spacial score (nSPS) is 11.2. The average Bonchev–Trinajstić information content (AvgIpc) is 2.98. The van der Waals surface area contributed by atoms with Gasteiger partial charge in [-0.1, -0.05) is 0 Å². The predicted octanol–water partition coefficient (Wildman–Crippen LogP) is 0.764. The Kier molecular flexibility index (Phi) is 3.90. The standard InChI is InChI=1S/C9H10N4O5S2/c1-2-18-9-10-8(11-12-9)13-20(16,17)6-3-5(4-19-6)7(14)15/h3-4H,2H2,1H3,(H,14,15)(H2,10,11,12,13). The largest absolute Gasteiger partial charge is 0.478 e. The number of thiophene rings is 1. The first-order valence-electron chi connectivity index (χ1n) is 5.32. The number of aromatic nitrogens is 3. The number of hydrogen-bond donors (Lipinski definition) is 3. The van der Waals surface area contributed by atoms with Crippen LogP contribution in [-0.2, 0) is 10.0 Å². The highest BCUT2D eigenvalue weighted by atomic mass is 32.2. The van der Waals surface area contributed by atoms with E-state index in [1.54, 1.807) is 6.92 Å². The maximum atomic E-state index is 12.0. The molecule has 0 saturated carbocycles. The molecule has 2 aromatic rings. The van der Waals surface area contributed by atoms with Crippen LogP contribution in [0, 0.1) is 0 Å². The first-order valence-corrected chi connectivity index (χ1v) is 7.68. The lowest BCUT2D eigenvalue weighted by atomic mass is 10.4. The third kappa shape index (κ3) is 3.05. The van der Waals surface area contributed by atoms with Crippen molar-refractivity contribution in [3.63, 3.8) is 0 Å². The Morgan fingerprint density at radius 1 is 1.60 bits per heavy atom. The fourth-order valence-corrected chi connectivity index (χ4v) is 3.34. The number of H-pyrrole nitrogens is 1. The van der Waals surface area contributed by atoms with E-state index in [2.05, 4.69) is 19.9 Å². The molecule has 0 fully saturated rings. The lowest BCUT2D eigenvalue weighted by molar-refractivity contribution is 0.0697. The van der Waals surface area contributed by atoms with E-state index in [9.17, 15) is 13.2 Å². The summed E-state index contributed by atoms with van der Waals surface area (Å²) in [5, 5.41) is 16.0. The number of carboxylic acids is 1. The van der Waals surface area contributed by atoms with E-state index in [0.29, 0.717) is 6.61 Å². The third-order valence-electron chi connectivity index (χ3n) is 2.06. The van der Waals surface area contributed by atoms with E-state index < -0.39 is 16.0 Å². The molecule has 9 nitrogen and oxygen atoms in total. The molecular weight excluding hydrogens is 308 g/mol. The molecule has 0 radical (unpaired) electrons. The molecular formula is C9H10N4O5S2. The highest BCUT2D eigenvalue weighted by Crippen LogP contribution is 2.22. The maximum Gasteiger partial charge on any atom is 0.337 e. The van der Waals surface area contributed by atoms with Crippen LogP contribution in [0.1, 0.15) is 17.3 Å². The van der Waals surface area contributed by atoms with Crippen molar-refractivity contribution in [2.75, 3.05) is 11.3 Å². The SMILES string of the molecule is CCOc1n[nH]c(NS(=O)(=O)c2cc(C(=O)O)cs2)n1. The monoisotopic (exact) mass is 318 g/mol. The quantitative estimate of drug-likeness (QED) is 0.715. The number of aromatic carboxylic acids is 1. The van der Waals surface area contributed by atoms with Gasteiger partial charge >= 0.3 is 12.0 Å². The molecule has 0 aliphatic heterocycles. The Labute approximate surface area is 117 Å². The fourth-order valence-electron chi connectivity index (χ4n) is 1.23. The second kappa shape index (κ2) is 5.46. The summed E-state index contributed by atoms with van der Waals surface area (Å²) in [5.74, 6) is -1.31. The van der Waals surface area contributed by atoms with Crippen LogP contribution in [0.4, 0.5) is 5.95 Å². The Balaban J connectivity index is 2.19. The van der Waals surface area contributed by atoms with E-state index in [1.807, 2.05) is 0 Å². The lowest BCUT2D eigenvalue weighted by Gasteiger charge is -2.00. The minimum Gasteiger partial charge on any atom is -0.478 e. The zero-order chi connectivity index (χ0) is 14.8. The van der Waals surface area contributed by atoms with Crippen molar-refractivity contribution in [1.29, 1.82) is 0 Å². The minimum absolute atomic E-state index is 0.0163. The number of sulfonamides is 1. The van der Waals surface area contributed by atoms with Gasteiger partial charge in [0, 0.05) is 5.38 Å². The van der Waals surface area contributed by atoms with E-state index in [4.69, 9.17) is 9.84 Å². The van der Waals surface area contributed by atoms with E-state index in [0.717, 1.165) is 17.4 Å². The molecule has 2 heterocycles. The second-order valence-corrected chi connectivity index (χ2v) is 6.29. The Bertz CT molecular complexity index is 720. The maximum absolute atomic E-state index is 12.0. The lowest BCUT2D eigenvalue weighted by Crippen LogP contribution is -2.12. The van der Waals surface area contributed by atoms with Gasteiger partial charge in [0.25, 0.3) is 10.0 Å². The molecule has 0 bridgehead atoms. The van der Waals surface area contributed by atoms with Gasteiger partial charge in [-0.25, -0.2) is 23.0 Å². The third-order valence-corrected chi connectivity index (χ3v) is 4.84. The molecule has 0 unspecified atom stereocenters. The first-order chi connectivity index (χ1) is 9.42. The van der Waals surface area contributed by atoms with Crippen LogP contribution < -0.4 is 9.46 Å². The van der Waals surface area contributed by atoms with Gasteiger partial charge in [-0.05, 0) is 13.0 Å².